The van der Waals surface area contributed by atoms with Crippen molar-refractivity contribution in [1.29, 1.82) is 0 Å². The van der Waals surface area contributed by atoms with Crippen molar-refractivity contribution in [3.05, 3.63) is 53.3 Å². The van der Waals surface area contributed by atoms with Crippen LogP contribution in [0.1, 0.15) is 11.1 Å². The first-order valence-corrected chi connectivity index (χ1v) is 6.02. The minimum Gasteiger partial charge on any atom is -0.494 e. The molecule has 2 nitrogen and oxygen atoms in total. The molecule has 0 aromatic heterocycles. The molecule has 2 aromatic carbocycles. The first-order valence-electron chi connectivity index (χ1n) is 6.02. The van der Waals surface area contributed by atoms with Gasteiger partial charge in [-0.05, 0) is 29.3 Å². The van der Waals surface area contributed by atoms with Gasteiger partial charge < -0.3 is 9.84 Å². The van der Waals surface area contributed by atoms with Crippen LogP contribution in [-0.2, 0) is 12.8 Å². The minimum atomic E-state index is -4.52. The standard InChI is InChI=1S/C15H12F4O2/c1-21-13-4-2-3-12(14(13)16)11-6-5-10(15(17,18)19)7-9(11)8-20/h2-7,20H,8H2,1H3. The summed E-state index contributed by atoms with van der Waals surface area (Å²) in [6.45, 7) is -0.629. The Morgan fingerprint density at radius 3 is 2.38 bits per heavy atom. The van der Waals surface area contributed by atoms with Gasteiger partial charge in [0.1, 0.15) is 0 Å². The Morgan fingerprint density at radius 2 is 1.81 bits per heavy atom. The van der Waals surface area contributed by atoms with Crippen molar-refractivity contribution in [2.24, 2.45) is 0 Å². The van der Waals surface area contributed by atoms with Crippen LogP contribution in [0.3, 0.4) is 0 Å². The number of alkyl halides is 3. The highest BCUT2D eigenvalue weighted by Gasteiger charge is 2.31. The lowest BCUT2D eigenvalue weighted by Gasteiger charge is -2.14. The molecule has 21 heavy (non-hydrogen) atoms. The summed E-state index contributed by atoms with van der Waals surface area (Å²) >= 11 is 0. The average Bonchev–Trinajstić information content (AvgIpc) is 2.46. The molecule has 0 saturated heterocycles. The van der Waals surface area contributed by atoms with Crippen LogP contribution in [-0.4, -0.2) is 12.2 Å². The summed E-state index contributed by atoms with van der Waals surface area (Å²) in [6, 6.07) is 7.16. The topological polar surface area (TPSA) is 29.5 Å². The molecule has 0 aliphatic rings. The van der Waals surface area contributed by atoms with E-state index in [1.807, 2.05) is 0 Å². The molecule has 2 aromatic rings. The van der Waals surface area contributed by atoms with E-state index in [1.165, 1.54) is 25.3 Å². The quantitative estimate of drug-likeness (QED) is 0.868. The normalized spacial score (nSPS) is 11.5. The van der Waals surface area contributed by atoms with Crippen molar-refractivity contribution in [3.8, 4) is 16.9 Å². The molecular weight excluding hydrogens is 288 g/mol. The van der Waals surface area contributed by atoms with Crippen LogP contribution in [0.2, 0.25) is 0 Å². The summed E-state index contributed by atoms with van der Waals surface area (Å²) in [5.74, 6) is -0.703. The Balaban J connectivity index is 2.60. The van der Waals surface area contributed by atoms with Crippen LogP contribution in [0, 0.1) is 5.82 Å². The van der Waals surface area contributed by atoms with Gasteiger partial charge in [0, 0.05) is 5.56 Å². The summed E-state index contributed by atoms with van der Waals surface area (Å²) in [6.07, 6.45) is -4.52. The van der Waals surface area contributed by atoms with Crippen LogP contribution in [0.15, 0.2) is 36.4 Å². The highest BCUT2D eigenvalue weighted by atomic mass is 19.4. The van der Waals surface area contributed by atoms with Gasteiger partial charge in [0.15, 0.2) is 11.6 Å². The number of ether oxygens (including phenoxy) is 1. The average molecular weight is 300 g/mol. The summed E-state index contributed by atoms with van der Waals surface area (Å²) < 4.78 is 57.0. The third-order valence-electron chi connectivity index (χ3n) is 3.08. The van der Waals surface area contributed by atoms with Gasteiger partial charge in [-0.15, -0.1) is 0 Å². The molecule has 0 aliphatic carbocycles. The van der Waals surface area contributed by atoms with Crippen molar-refractivity contribution in [3.63, 3.8) is 0 Å². The SMILES string of the molecule is COc1cccc(-c2ccc(C(F)(F)F)cc2CO)c1F. The number of hydrogen-bond acceptors (Lipinski definition) is 2. The smallest absolute Gasteiger partial charge is 0.416 e. The van der Waals surface area contributed by atoms with Gasteiger partial charge in [0.25, 0.3) is 0 Å². The molecule has 0 bridgehead atoms. The van der Waals surface area contributed by atoms with Crippen molar-refractivity contribution >= 4 is 0 Å². The second-order valence-corrected chi connectivity index (χ2v) is 4.35. The minimum absolute atomic E-state index is 0.00280. The van der Waals surface area contributed by atoms with E-state index >= 15 is 0 Å². The maximum absolute atomic E-state index is 14.2. The van der Waals surface area contributed by atoms with Gasteiger partial charge >= 0.3 is 6.18 Å². The molecule has 0 aliphatic heterocycles. The number of rotatable bonds is 3. The first kappa shape index (κ1) is 15.3. The Morgan fingerprint density at radius 1 is 1.10 bits per heavy atom. The molecule has 2 rings (SSSR count). The number of halogens is 4. The van der Waals surface area contributed by atoms with E-state index in [4.69, 9.17) is 4.74 Å². The third-order valence-corrected chi connectivity index (χ3v) is 3.08. The highest BCUT2D eigenvalue weighted by Crippen LogP contribution is 2.35. The van der Waals surface area contributed by atoms with E-state index in [1.54, 1.807) is 0 Å². The van der Waals surface area contributed by atoms with Gasteiger partial charge in [0.2, 0.25) is 0 Å². The fourth-order valence-corrected chi connectivity index (χ4v) is 2.04. The fraction of sp³-hybridized carbons (Fsp3) is 0.200. The van der Waals surface area contributed by atoms with Crippen molar-refractivity contribution in [2.45, 2.75) is 12.8 Å². The first-order chi connectivity index (χ1) is 9.88. The lowest BCUT2D eigenvalue weighted by atomic mass is 9.97. The zero-order valence-electron chi connectivity index (χ0n) is 11.0. The van der Waals surface area contributed by atoms with E-state index in [0.717, 1.165) is 18.2 Å². The third kappa shape index (κ3) is 3.00. The second-order valence-electron chi connectivity index (χ2n) is 4.35. The molecule has 0 radical (unpaired) electrons. The molecule has 0 atom stereocenters. The van der Waals surface area contributed by atoms with Crippen molar-refractivity contribution in [2.75, 3.05) is 7.11 Å². The largest absolute Gasteiger partial charge is 0.494 e. The Labute approximate surface area is 118 Å². The van der Waals surface area contributed by atoms with Gasteiger partial charge in [0.05, 0.1) is 19.3 Å². The maximum Gasteiger partial charge on any atom is 0.416 e. The van der Waals surface area contributed by atoms with Crippen LogP contribution >= 0.6 is 0 Å². The van der Waals surface area contributed by atoms with E-state index in [-0.39, 0.29) is 22.4 Å². The molecule has 0 saturated carbocycles. The number of benzene rings is 2. The Bertz CT molecular complexity index is 651. The summed E-state index contributed by atoms with van der Waals surface area (Å²) in [4.78, 5) is 0. The predicted octanol–water partition coefficient (Wildman–Crippen LogP) is 4.01. The van der Waals surface area contributed by atoms with E-state index in [9.17, 15) is 22.7 Å². The molecule has 0 amide bonds. The van der Waals surface area contributed by atoms with Crippen LogP contribution < -0.4 is 4.74 Å². The number of hydrogen-bond donors (Lipinski definition) is 1. The molecule has 6 heteroatoms. The van der Waals surface area contributed by atoms with Crippen molar-refractivity contribution < 1.29 is 27.4 Å². The van der Waals surface area contributed by atoms with Crippen LogP contribution in [0.5, 0.6) is 5.75 Å². The fourth-order valence-electron chi connectivity index (χ4n) is 2.04. The number of aliphatic hydroxyl groups is 1. The zero-order valence-corrected chi connectivity index (χ0v) is 11.0. The van der Waals surface area contributed by atoms with Gasteiger partial charge in [-0.25, -0.2) is 4.39 Å². The predicted molar refractivity (Wildman–Crippen MR) is 69.3 cm³/mol. The summed E-state index contributed by atoms with van der Waals surface area (Å²) in [7, 11) is 1.29. The number of aliphatic hydroxyl groups excluding tert-OH is 1. The second kappa shape index (κ2) is 5.73. The molecule has 0 heterocycles. The van der Waals surface area contributed by atoms with Gasteiger partial charge in [-0.3, -0.25) is 0 Å². The van der Waals surface area contributed by atoms with E-state index < -0.39 is 24.2 Å². The van der Waals surface area contributed by atoms with Crippen LogP contribution in [0.25, 0.3) is 11.1 Å². The Kier molecular flexibility index (Phi) is 4.18. The Hall–Kier alpha value is -2.08. The molecule has 112 valence electrons. The maximum atomic E-state index is 14.2. The van der Waals surface area contributed by atoms with Gasteiger partial charge in [-0.1, -0.05) is 18.2 Å². The molecular formula is C15H12F4O2. The lowest BCUT2D eigenvalue weighted by molar-refractivity contribution is -0.137. The summed E-state index contributed by atoms with van der Waals surface area (Å²) in [5.41, 5.74) is -0.621. The summed E-state index contributed by atoms with van der Waals surface area (Å²) in [5, 5.41) is 9.27. The molecule has 0 fully saturated rings. The monoisotopic (exact) mass is 300 g/mol. The molecule has 0 unspecified atom stereocenters. The highest BCUT2D eigenvalue weighted by molar-refractivity contribution is 5.70. The van der Waals surface area contributed by atoms with E-state index in [0.29, 0.717) is 0 Å². The lowest BCUT2D eigenvalue weighted by Crippen LogP contribution is -2.06. The van der Waals surface area contributed by atoms with Crippen LogP contribution in [0.4, 0.5) is 17.6 Å². The van der Waals surface area contributed by atoms with E-state index in [2.05, 4.69) is 0 Å². The molecule has 1 N–H and O–H groups in total. The van der Waals surface area contributed by atoms with Gasteiger partial charge in [-0.2, -0.15) is 13.2 Å². The number of methoxy groups -OCH3 is 1. The molecule has 0 spiro atoms. The van der Waals surface area contributed by atoms with Crippen molar-refractivity contribution in [1.82, 2.24) is 0 Å². The zero-order chi connectivity index (χ0) is 15.6.